The summed E-state index contributed by atoms with van der Waals surface area (Å²) in [7, 11) is 3.23. The topological polar surface area (TPSA) is 52.8 Å². The molecule has 29 heavy (non-hydrogen) atoms. The molecule has 0 spiro atoms. The maximum Gasteiger partial charge on any atom is 0.283 e. The molecule has 0 aliphatic rings. The highest BCUT2D eigenvalue weighted by Crippen LogP contribution is 2.31. The number of methoxy groups -OCH3 is 2. The van der Waals surface area contributed by atoms with Gasteiger partial charge in [0, 0.05) is 6.54 Å². The molecule has 4 aromatic rings. The number of aromatic nitrogens is 1. The molecular formula is C23H22N2O3S. The van der Waals surface area contributed by atoms with Crippen molar-refractivity contribution in [1.82, 2.24) is 4.57 Å². The van der Waals surface area contributed by atoms with Crippen LogP contribution in [0, 0.1) is 6.92 Å². The Labute approximate surface area is 172 Å². The van der Waals surface area contributed by atoms with Crippen LogP contribution in [0.2, 0.25) is 0 Å². The van der Waals surface area contributed by atoms with Crippen LogP contribution in [0.3, 0.4) is 0 Å². The van der Waals surface area contributed by atoms with E-state index in [1.807, 2.05) is 60.0 Å². The number of carbonyl (C=O) groups is 1. The summed E-state index contributed by atoms with van der Waals surface area (Å²) in [6.07, 6.45) is 0. The van der Waals surface area contributed by atoms with Crippen LogP contribution in [0.5, 0.6) is 11.5 Å². The van der Waals surface area contributed by atoms with Crippen molar-refractivity contribution in [3.63, 3.8) is 0 Å². The van der Waals surface area contributed by atoms with Crippen LogP contribution in [0.25, 0.3) is 21.0 Å². The number of nitrogens with zero attached hydrogens (tertiary/aromatic N) is 2. The summed E-state index contributed by atoms with van der Waals surface area (Å²) in [5.41, 5.74) is 2.55. The average molecular weight is 407 g/mol. The molecule has 0 N–H and O–H groups in total. The Hall–Kier alpha value is -3.12. The molecule has 0 atom stereocenters. The van der Waals surface area contributed by atoms with Crippen molar-refractivity contribution < 1.29 is 14.3 Å². The molecule has 148 valence electrons. The van der Waals surface area contributed by atoms with Crippen molar-refractivity contribution >= 4 is 38.2 Å². The Bertz CT molecular complexity index is 1300. The maximum atomic E-state index is 13.1. The molecule has 0 saturated heterocycles. The zero-order chi connectivity index (χ0) is 20.5. The van der Waals surface area contributed by atoms with Gasteiger partial charge >= 0.3 is 0 Å². The van der Waals surface area contributed by atoms with Gasteiger partial charge in [0.2, 0.25) is 0 Å². The van der Waals surface area contributed by atoms with Gasteiger partial charge in [-0.2, -0.15) is 4.99 Å². The zero-order valence-electron chi connectivity index (χ0n) is 16.9. The number of thiazole rings is 1. The van der Waals surface area contributed by atoms with E-state index in [1.165, 1.54) is 11.3 Å². The van der Waals surface area contributed by atoms with Gasteiger partial charge in [-0.1, -0.05) is 41.7 Å². The van der Waals surface area contributed by atoms with Crippen molar-refractivity contribution in [1.29, 1.82) is 0 Å². The lowest BCUT2D eigenvalue weighted by atomic mass is 10.1. The third kappa shape index (κ3) is 3.29. The highest BCUT2D eigenvalue weighted by atomic mass is 32.1. The molecule has 1 aromatic heterocycles. The number of benzene rings is 3. The predicted octanol–water partition coefficient (Wildman–Crippen LogP) is 4.94. The van der Waals surface area contributed by atoms with E-state index in [0.717, 1.165) is 32.3 Å². The number of rotatable bonds is 4. The molecule has 0 radical (unpaired) electrons. The van der Waals surface area contributed by atoms with Crippen molar-refractivity contribution in [2.75, 3.05) is 14.2 Å². The maximum absolute atomic E-state index is 13.1. The van der Waals surface area contributed by atoms with Gasteiger partial charge in [0.25, 0.3) is 5.91 Å². The normalized spacial score (nSPS) is 11.9. The number of ether oxygens (including phenoxy) is 2. The first-order chi connectivity index (χ1) is 14.1. The van der Waals surface area contributed by atoms with Gasteiger partial charge in [-0.3, -0.25) is 4.79 Å². The van der Waals surface area contributed by atoms with Gasteiger partial charge in [0.05, 0.1) is 24.5 Å². The number of aryl methyl sites for hydroxylation is 2. The van der Waals surface area contributed by atoms with E-state index in [4.69, 9.17) is 9.47 Å². The monoisotopic (exact) mass is 406 g/mol. The van der Waals surface area contributed by atoms with E-state index in [2.05, 4.69) is 11.9 Å². The Morgan fingerprint density at radius 3 is 2.38 bits per heavy atom. The Kier molecular flexibility index (Phi) is 5.11. The molecular weight excluding hydrogens is 384 g/mol. The van der Waals surface area contributed by atoms with Crippen molar-refractivity contribution in [3.05, 3.63) is 64.5 Å². The fourth-order valence-corrected chi connectivity index (χ4v) is 4.70. The van der Waals surface area contributed by atoms with Gasteiger partial charge in [-0.15, -0.1) is 0 Å². The fraction of sp³-hybridized carbons (Fsp3) is 0.217. The van der Waals surface area contributed by atoms with Gasteiger partial charge in [-0.05, 0) is 48.4 Å². The molecule has 4 rings (SSSR count). The average Bonchev–Trinajstić information content (AvgIpc) is 3.12. The highest BCUT2D eigenvalue weighted by molar-refractivity contribution is 7.16. The van der Waals surface area contributed by atoms with E-state index >= 15 is 0 Å². The Morgan fingerprint density at radius 1 is 1.03 bits per heavy atom. The molecule has 0 aliphatic heterocycles. The molecule has 1 amide bonds. The highest BCUT2D eigenvalue weighted by Gasteiger charge is 2.16. The number of hydrogen-bond acceptors (Lipinski definition) is 4. The van der Waals surface area contributed by atoms with E-state index in [1.54, 1.807) is 14.2 Å². The first kappa shape index (κ1) is 19.2. The second-order valence-corrected chi connectivity index (χ2v) is 7.69. The second kappa shape index (κ2) is 7.72. The summed E-state index contributed by atoms with van der Waals surface area (Å²) in [4.78, 5) is 18.3. The van der Waals surface area contributed by atoms with Crippen LogP contribution in [-0.2, 0) is 6.54 Å². The molecule has 0 saturated carbocycles. The lowest BCUT2D eigenvalue weighted by Gasteiger charge is -2.08. The number of carbonyl (C=O) groups excluding carboxylic acids is 1. The summed E-state index contributed by atoms with van der Waals surface area (Å²) in [6.45, 7) is 4.77. The first-order valence-corrected chi connectivity index (χ1v) is 10.2. The largest absolute Gasteiger partial charge is 0.496 e. The number of hydrogen-bond donors (Lipinski definition) is 0. The third-order valence-electron chi connectivity index (χ3n) is 5.02. The molecule has 3 aromatic carbocycles. The zero-order valence-corrected chi connectivity index (χ0v) is 17.7. The minimum atomic E-state index is -0.321. The Morgan fingerprint density at radius 2 is 1.72 bits per heavy atom. The number of amides is 1. The summed E-state index contributed by atoms with van der Waals surface area (Å²) < 4.78 is 14.1. The molecule has 0 bridgehead atoms. The fourth-order valence-electron chi connectivity index (χ4n) is 3.52. The summed E-state index contributed by atoms with van der Waals surface area (Å²) in [6, 6.07) is 15.6. The summed E-state index contributed by atoms with van der Waals surface area (Å²) >= 11 is 1.50. The van der Waals surface area contributed by atoms with Crippen LogP contribution in [0.15, 0.2) is 53.5 Å². The van der Waals surface area contributed by atoms with E-state index in [9.17, 15) is 4.79 Å². The molecule has 5 nitrogen and oxygen atoms in total. The van der Waals surface area contributed by atoms with Crippen LogP contribution < -0.4 is 14.3 Å². The van der Waals surface area contributed by atoms with E-state index < -0.39 is 0 Å². The molecule has 1 heterocycles. The quantitative estimate of drug-likeness (QED) is 0.482. The third-order valence-corrected chi connectivity index (χ3v) is 6.23. The predicted molar refractivity (Wildman–Crippen MR) is 117 cm³/mol. The first-order valence-electron chi connectivity index (χ1n) is 9.40. The van der Waals surface area contributed by atoms with Crippen LogP contribution in [0.4, 0.5) is 0 Å². The van der Waals surface area contributed by atoms with Crippen LogP contribution >= 0.6 is 11.3 Å². The van der Waals surface area contributed by atoms with E-state index in [0.29, 0.717) is 22.7 Å². The van der Waals surface area contributed by atoms with Crippen molar-refractivity contribution in [2.24, 2.45) is 4.99 Å². The Balaban J connectivity index is 1.93. The van der Waals surface area contributed by atoms with Crippen molar-refractivity contribution in [3.8, 4) is 11.5 Å². The minimum Gasteiger partial charge on any atom is -0.496 e. The van der Waals surface area contributed by atoms with Crippen LogP contribution in [-0.4, -0.2) is 24.7 Å². The van der Waals surface area contributed by atoms with Gasteiger partial charge in [0.15, 0.2) is 4.80 Å². The standard InChI is InChI=1S/C23H22N2O3S/c1-5-25-20-18(27-3)11-10-14(2)21(20)29-23(25)24-22(26)17-12-15-8-6-7-9-16(15)13-19(17)28-4/h6-13H,5H2,1-4H3. The lowest BCUT2D eigenvalue weighted by Crippen LogP contribution is -2.16. The van der Waals surface area contributed by atoms with E-state index in [-0.39, 0.29) is 5.91 Å². The minimum absolute atomic E-state index is 0.321. The van der Waals surface area contributed by atoms with Gasteiger partial charge in [-0.25, -0.2) is 0 Å². The molecule has 0 fully saturated rings. The van der Waals surface area contributed by atoms with Crippen LogP contribution in [0.1, 0.15) is 22.8 Å². The second-order valence-electron chi connectivity index (χ2n) is 6.71. The smallest absolute Gasteiger partial charge is 0.283 e. The molecule has 6 heteroatoms. The SMILES string of the molecule is CCn1c(=NC(=O)c2cc3ccccc3cc2OC)sc2c(C)ccc(OC)c21. The van der Waals surface area contributed by atoms with Gasteiger partial charge in [0.1, 0.15) is 17.0 Å². The lowest BCUT2D eigenvalue weighted by molar-refractivity contribution is 0.0995. The van der Waals surface area contributed by atoms with Gasteiger partial charge < -0.3 is 14.0 Å². The summed E-state index contributed by atoms with van der Waals surface area (Å²) in [5.74, 6) is 0.981. The number of fused-ring (bicyclic) bond motifs is 2. The molecule has 0 unspecified atom stereocenters. The molecule has 0 aliphatic carbocycles. The summed E-state index contributed by atoms with van der Waals surface area (Å²) in [5, 5.41) is 2.00. The van der Waals surface area contributed by atoms with Crippen molar-refractivity contribution in [2.45, 2.75) is 20.4 Å².